The number of nitrogens with zero attached hydrogens (tertiary/aromatic N) is 2. The second-order valence-corrected chi connectivity index (χ2v) is 13.5. The minimum atomic E-state index is -1.41. The van der Waals surface area contributed by atoms with E-state index in [1.165, 1.54) is 5.01 Å². The van der Waals surface area contributed by atoms with Crippen molar-refractivity contribution in [1.82, 2.24) is 15.8 Å². The van der Waals surface area contributed by atoms with E-state index >= 15 is 0 Å². The number of aliphatic carboxylic acids is 1. The van der Waals surface area contributed by atoms with E-state index in [1.807, 2.05) is 60.7 Å². The van der Waals surface area contributed by atoms with E-state index in [1.54, 1.807) is 20.8 Å². The van der Waals surface area contributed by atoms with Crippen molar-refractivity contribution in [3.63, 3.8) is 0 Å². The molecule has 2 aromatic carbocycles. The summed E-state index contributed by atoms with van der Waals surface area (Å²) in [4.78, 5) is 59.2. The lowest BCUT2D eigenvalue weighted by molar-refractivity contribution is -0.146. The number of hydrogen-bond acceptors (Lipinski definition) is 7. The van der Waals surface area contributed by atoms with Crippen molar-refractivity contribution in [1.29, 1.82) is 0 Å². The van der Waals surface area contributed by atoms with Gasteiger partial charge in [0, 0.05) is 23.6 Å². The van der Waals surface area contributed by atoms with Crippen molar-refractivity contribution in [2.75, 3.05) is 6.54 Å². The summed E-state index contributed by atoms with van der Waals surface area (Å²) < 4.78 is 5.42. The van der Waals surface area contributed by atoms with E-state index in [0.717, 1.165) is 28.7 Å². The van der Waals surface area contributed by atoms with Crippen LogP contribution in [0.15, 0.2) is 65.8 Å². The largest absolute Gasteiger partial charge is 0.479 e. The molecule has 2 aromatic rings. The quantitative estimate of drug-likeness (QED) is 0.278. The highest BCUT2D eigenvalue weighted by molar-refractivity contribution is 6.24. The third-order valence-corrected chi connectivity index (χ3v) is 9.13. The van der Waals surface area contributed by atoms with Gasteiger partial charge in [0.25, 0.3) is 0 Å². The van der Waals surface area contributed by atoms with E-state index in [9.17, 15) is 24.3 Å². The van der Waals surface area contributed by atoms with Crippen LogP contribution in [0.2, 0.25) is 0 Å². The molecule has 5 atom stereocenters. The molecule has 0 bridgehead atoms. The molecule has 242 valence electrons. The number of nitrogens with one attached hydrogen (secondary N) is 2. The first kappa shape index (κ1) is 31.3. The molecule has 0 unspecified atom stereocenters. The van der Waals surface area contributed by atoms with Gasteiger partial charge >= 0.3 is 12.1 Å². The molecule has 0 aromatic heterocycles. The lowest BCUT2D eigenvalue weighted by atomic mass is 9.93. The van der Waals surface area contributed by atoms with Gasteiger partial charge < -0.3 is 20.0 Å². The number of fused-ring (bicyclic) bond motifs is 5. The summed E-state index contributed by atoms with van der Waals surface area (Å²) in [5, 5.41) is 18.7. The lowest BCUT2D eigenvalue weighted by Crippen LogP contribution is -2.53. The maximum absolute atomic E-state index is 14.1. The van der Waals surface area contributed by atoms with Gasteiger partial charge in [-0.2, -0.15) is 0 Å². The average Bonchev–Trinajstić information content (AvgIpc) is 3.38. The fraction of sp³-hybridized carbons (Fsp3) is 0.457. The summed E-state index contributed by atoms with van der Waals surface area (Å²) in [5.41, 5.74) is 5.04. The topological polar surface area (TPSA) is 147 Å². The number of carbonyl (C=O) groups is 4. The number of oxime groups is 1. The van der Waals surface area contributed by atoms with Crippen LogP contribution < -0.4 is 10.7 Å². The third kappa shape index (κ3) is 6.23. The molecule has 3 amide bonds. The first-order valence-corrected chi connectivity index (χ1v) is 15.9. The summed E-state index contributed by atoms with van der Waals surface area (Å²) >= 11 is 0. The molecule has 11 nitrogen and oxygen atoms in total. The molecule has 3 N–H and O–H groups in total. The van der Waals surface area contributed by atoms with Gasteiger partial charge in [-0.3, -0.25) is 14.6 Å². The minimum absolute atomic E-state index is 0.152. The highest BCUT2D eigenvalue weighted by atomic mass is 16.6. The summed E-state index contributed by atoms with van der Waals surface area (Å²) in [6.45, 7) is 5.42. The highest BCUT2D eigenvalue weighted by Gasteiger charge is 2.61. The Morgan fingerprint density at radius 2 is 1.61 bits per heavy atom. The van der Waals surface area contributed by atoms with Crippen molar-refractivity contribution in [3.8, 4) is 11.1 Å². The van der Waals surface area contributed by atoms with E-state index in [-0.39, 0.29) is 31.7 Å². The Hall–Kier alpha value is -4.67. The minimum Gasteiger partial charge on any atom is -0.479 e. The Kier molecular flexibility index (Phi) is 8.35. The number of carboxylic acid groups (broad SMARTS) is 1. The zero-order chi connectivity index (χ0) is 32.6. The van der Waals surface area contributed by atoms with Crippen LogP contribution in [-0.4, -0.2) is 63.5 Å². The van der Waals surface area contributed by atoms with E-state index < -0.39 is 53.0 Å². The first-order valence-electron chi connectivity index (χ1n) is 15.9. The Balaban J connectivity index is 1.29. The van der Waals surface area contributed by atoms with Crippen molar-refractivity contribution < 1.29 is 33.9 Å². The van der Waals surface area contributed by atoms with Crippen molar-refractivity contribution >= 4 is 29.6 Å². The summed E-state index contributed by atoms with van der Waals surface area (Å²) in [7, 11) is 0. The number of benzene rings is 2. The predicted octanol–water partition coefficient (Wildman–Crippen LogP) is 4.80. The molecule has 2 saturated carbocycles. The zero-order valence-electron chi connectivity index (χ0n) is 26.3. The zero-order valence-corrected chi connectivity index (χ0v) is 26.3. The second kappa shape index (κ2) is 12.3. The maximum Gasteiger partial charge on any atom is 0.426 e. The van der Waals surface area contributed by atoms with Crippen LogP contribution in [0.5, 0.6) is 0 Å². The molecule has 6 rings (SSSR count). The number of amides is 3. The van der Waals surface area contributed by atoms with E-state index in [0.29, 0.717) is 18.6 Å². The molecule has 0 spiro atoms. The summed E-state index contributed by atoms with van der Waals surface area (Å²) in [6, 6.07) is 15.8. The molecule has 1 aliphatic heterocycles. The predicted molar refractivity (Wildman–Crippen MR) is 169 cm³/mol. The second-order valence-electron chi connectivity index (χ2n) is 13.5. The van der Waals surface area contributed by atoms with Crippen molar-refractivity contribution in [3.05, 3.63) is 71.8 Å². The van der Waals surface area contributed by atoms with Gasteiger partial charge in [0.05, 0.1) is 11.8 Å². The molecular weight excluding hydrogens is 588 g/mol. The molecule has 2 fully saturated rings. The lowest BCUT2D eigenvalue weighted by Gasteiger charge is -2.30. The number of carbonyl (C=O) groups excluding carboxylic acids is 3. The van der Waals surface area contributed by atoms with Gasteiger partial charge in [0.15, 0.2) is 0 Å². The number of hydrogen-bond donors (Lipinski definition) is 3. The van der Waals surface area contributed by atoms with Gasteiger partial charge in [0.1, 0.15) is 23.0 Å². The van der Waals surface area contributed by atoms with E-state index in [2.05, 4.69) is 15.9 Å². The number of hydrazine groups is 1. The Labute approximate surface area is 268 Å². The van der Waals surface area contributed by atoms with Gasteiger partial charge in [-0.15, -0.1) is 0 Å². The summed E-state index contributed by atoms with van der Waals surface area (Å²) in [5.74, 6) is -4.18. The van der Waals surface area contributed by atoms with Crippen LogP contribution in [0.1, 0.15) is 70.4 Å². The monoisotopic (exact) mass is 628 g/mol. The molecule has 11 heteroatoms. The van der Waals surface area contributed by atoms with Crippen LogP contribution >= 0.6 is 0 Å². The number of rotatable bonds is 4. The van der Waals surface area contributed by atoms with Gasteiger partial charge in [-0.1, -0.05) is 65.8 Å². The SMILES string of the molecule is CC(C)(C)OC(=O)NN1CCCC/C=C\[C@H]2C[C@@]2(C(=O)O)NC(=O)[C@@H]2C[C@@H](ON=C3c4ccccc4-c4ccccc43)C[C@H]2C1=O. The molecule has 0 saturated heterocycles. The van der Waals surface area contributed by atoms with Crippen LogP contribution in [0, 0.1) is 17.8 Å². The fourth-order valence-corrected chi connectivity index (χ4v) is 6.76. The van der Waals surface area contributed by atoms with Gasteiger partial charge in [-0.25, -0.2) is 15.0 Å². The normalized spacial score (nSPS) is 28.0. The molecule has 4 aliphatic rings. The van der Waals surface area contributed by atoms with Crippen molar-refractivity contribution in [2.24, 2.45) is 22.9 Å². The van der Waals surface area contributed by atoms with Crippen LogP contribution in [0.3, 0.4) is 0 Å². The Morgan fingerprint density at radius 1 is 0.978 bits per heavy atom. The van der Waals surface area contributed by atoms with Crippen LogP contribution in [0.4, 0.5) is 4.79 Å². The Morgan fingerprint density at radius 3 is 2.24 bits per heavy atom. The van der Waals surface area contributed by atoms with Crippen LogP contribution in [0.25, 0.3) is 11.1 Å². The van der Waals surface area contributed by atoms with E-state index in [4.69, 9.17) is 9.57 Å². The van der Waals surface area contributed by atoms with Crippen LogP contribution in [-0.2, 0) is 24.0 Å². The van der Waals surface area contributed by atoms with Gasteiger partial charge in [0.2, 0.25) is 11.8 Å². The highest BCUT2D eigenvalue weighted by Crippen LogP contribution is 2.46. The first-order chi connectivity index (χ1) is 22.0. The molecular formula is C35H40N4O7. The average molecular weight is 629 g/mol. The smallest absolute Gasteiger partial charge is 0.426 e. The van der Waals surface area contributed by atoms with Crippen molar-refractivity contribution in [2.45, 2.75) is 76.5 Å². The third-order valence-electron chi connectivity index (χ3n) is 9.13. The number of carboxylic acids is 1. The standard InChI is InChI=1S/C35H40N4O7/c1-34(2,3)45-33(44)37-39-17-11-5-4-6-12-21-20-35(21,32(42)43)36-30(40)27-18-22(19-28(27)31(39)41)46-38-29-25-15-9-7-13-23(25)24-14-8-10-16-26(24)29/h6-10,12-16,21-22,27-28H,4-5,11,17-20H2,1-3H3,(H,36,40)(H,37,44)(H,42,43)/b12-6-/t21-,22+,27+,28+,35+/m0/s1. The number of ether oxygens (including phenoxy) is 1. The molecule has 1 heterocycles. The summed E-state index contributed by atoms with van der Waals surface area (Å²) in [6.07, 6.45) is 4.96. The number of allylic oxidation sites excluding steroid dienone is 1. The Bertz CT molecular complexity index is 1560. The molecule has 46 heavy (non-hydrogen) atoms. The molecule has 3 aliphatic carbocycles. The maximum atomic E-state index is 14.1. The molecule has 0 radical (unpaired) electrons. The fourth-order valence-electron chi connectivity index (χ4n) is 6.76. The van der Waals surface area contributed by atoms with Gasteiger partial charge in [-0.05, 0) is 70.4 Å².